The maximum atomic E-state index is 13.3. The summed E-state index contributed by atoms with van der Waals surface area (Å²) < 4.78 is 10.9. The van der Waals surface area contributed by atoms with Crippen LogP contribution in [0.4, 0.5) is 0 Å². The third-order valence-corrected chi connectivity index (χ3v) is 6.45. The van der Waals surface area contributed by atoms with Crippen LogP contribution in [-0.2, 0) is 9.53 Å². The molecule has 0 unspecified atom stereocenters. The van der Waals surface area contributed by atoms with Crippen molar-refractivity contribution in [3.05, 3.63) is 51.1 Å². The van der Waals surface area contributed by atoms with Crippen molar-refractivity contribution in [2.75, 3.05) is 39.4 Å². The predicted molar refractivity (Wildman–Crippen MR) is 105 cm³/mol. The van der Waals surface area contributed by atoms with E-state index in [1.54, 1.807) is 19.1 Å². The zero-order valence-corrected chi connectivity index (χ0v) is 17.3. The van der Waals surface area contributed by atoms with Gasteiger partial charge in [-0.05, 0) is 26.0 Å². The number of furan rings is 1. The van der Waals surface area contributed by atoms with Crippen LogP contribution in [0.1, 0.15) is 32.2 Å². The van der Waals surface area contributed by atoms with Gasteiger partial charge in [-0.1, -0.05) is 0 Å². The Labute approximate surface area is 172 Å². The number of hydrogen-bond acceptors (Lipinski definition) is 7. The molecule has 1 fully saturated rings. The topological polar surface area (TPSA) is 97.3 Å². The quantitative estimate of drug-likeness (QED) is 0.675. The highest BCUT2D eigenvalue weighted by Crippen LogP contribution is 2.39. The first-order valence-electron chi connectivity index (χ1n) is 9.65. The van der Waals surface area contributed by atoms with Gasteiger partial charge in [0.25, 0.3) is 5.91 Å². The second-order valence-corrected chi connectivity index (χ2v) is 8.47. The number of quaternary nitrogens is 1. The molecular weight excluding hydrogens is 394 g/mol. The minimum atomic E-state index is -0.743. The Balaban J connectivity index is 1.65. The molecule has 1 saturated heterocycles. The first kappa shape index (κ1) is 19.8. The molecule has 0 aromatic carbocycles. The van der Waals surface area contributed by atoms with Crippen molar-refractivity contribution in [3.63, 3.8) is 0 Å². The molecular formula is C20H24N3O5S+. The van der Waals surface area contributed by atoms with Crippen molar-refractivity contribution in [2.24, 2.45) is 0 Å². The predicted octanol–water partition coefficient (Wildman–Crippen LogP) is 0.846. The first-order valence-corrected chi connectivity index (χ1v) is 10.5. The van der Waals surface area contributed by atoms with Gasteiger partial charge in [-0.2, -0.15) is 0 Å². The molecule has 2 aromatic heterocycles. The number of aliphatic hydroxyl groups excluding tert-OH is 1. The van der Waals surface area contributed by atoms with E-state index in [0.29, 0.717) is 42.6 Å². The lowest BCUT2D eigenvalue weighted by Crippen LogP contribution is -3.14. The van der Waals surface area contributed by atoms with Gasteiger partial charge in [0.05, 0.1) is 53.7 Å². The average Bonchev–Trinajstić information content (AvgIpc) is 3.41. The number of aromatic nitrogens is 1. The van der Waals surface area contributed by atoms with Crippen molar-refractivity contribution >= 4 is 23.0 Å². The van der Waals surface area contributed by atoms with Crippen molar-refractivity contribution in [1.29, 1.82) is 0 Å². The standard InChI is InChI=1S/C20H23N3O5S/c1-12-19(29-13(2)21-12)17(24)15-16(14-4-3-9-28-14)23(20(26)18(15)25)6-5-22-7-10-27-11-8-22/h3-4,9,16,25H,5-8,10-11H2,1-2H3/p+1/t16-/m0/s1. The maximum Gasteiger partial charge on any atom is 0.290 e. The van der Waals surface area contributed by atoms with Gasteiger partial charge in [-0.15, -0.1) is 11.3 Å². The highest BCUT2D eigenvalue weighted by Gasteiger charge is 2.46. The fraction of sp³-hybridized carbons (Fsp3) is 0.450. The summed E-state index contributed by atoms with van der Waals surface area (Å²) in [5.41, 5.74) is 0.660. The molecule has 8 nitrogen and oxygen atoms in total. The van der Waals surface area contributed by atoms with E-state index in [1.165, 1.54) is 27.4 Å². The number of hydrogen-bond donors (Lipinski definition) is 2. The van der Waals surface area contributed by atoms with Gasteiger partial charge in [0, 0.05) is 0 Å². The molecule has 1 atom stereocenters. The zero-order chi connectivity index (χ0) is 20.5. The van der Waals surface area contributed by atoms with E-state index in [0.717, 1.165) is 18.1 Å². The number of amides is 1. The molecule has 9 heteroatoms. The van der Waals surface area contributed by atoms with Crippen LogP contribution in [0.2, 0.25) is 0 Å². The molecule has 1 amide bonds. The Bertz CT molecular complexity index is 943. The van der Waals surface area contributed by atoms with Crippen LogP contribution in [0, 0.1) is 13.8 Å². The van der Waals surface area contributed by atoms with Crippen molar-refractivity contribution in [3.8, 4) is 0 Å². The molecule has 2 aromatic rings. The molecule has 154 valence electrons. The number of aliphatic hydroxyl groups is 1. The van der Waals surface area contributed by atoms with Gasteiger partial charge < -0.3 is 24.1 Å². The summed E-state index contributed by atoms with van der Waals surface area (Å²) >= 11 is 1.26. The third kappa shape index (κ3) is 3.73. The Morgan fingerprint density at radius 2 is 2.14 bits per heavy atom. The van der Waals surface area contributed by atoms with Gasteiger partial charge >= 0.3 is 0 Å². The fourth-order valence-electron chi connectivity index (χ4n) is 3.91. The van der Waals surface area contributed by atoms with Crippen LogP contribution in [0.15, 0.2) is 34.1 Å². The van der Waals surface area contributed by atoms with Crippen molar-refractivity contribution in [1.82, 2.24) is 9.88 Å². The van der Waals surface area contributed by atoms with E-state index < -0.39 is 17.7 Å². The molecule has 0 radical (unpaired) electrons. The number of rotatable bonds is 6. The van der Waals surface area contributed by atoms with Gasteiger partial charge in [0.2, 0.25) is 5.78 Å². The van der Waals surface area contributed by atoms with Crippen LogP contribution in [0.3, 0.4) is 0 Å². The lowest BCUT2D eigenvalue weighted by atomic mass is 9.99. The minimum absolute atomic E-state index is 0.0636. The number of Topliss-reactive ketones (excluding diaryl/α,β-unsaturated/α-hetero) is 1. The van der Waals surface area contributed by atoms with Crippen LogP contribution < -0.4 is 4.90 Å². The summed E-state index contributed by atoms with van der Waals surface area (Å²) in [7, 11) is 0. The summed E-state index contributed by atoms with van der Waals surface area (Å²) in [5.74, 6) is -0.955. The summed E-state index contributed by atoms with van der Waals surface area (Å²) in [4.78, 5) is 33.8. The van der Waals surface area contributed by atoms with Crippen molar-refractivity contribution in [2.45, 2.75) is 19.9 Å². The zero-order valence-electron chi connectivity index (χ0n) is 16.4. The number of ether oxygens (including phenoxy) is 1. The Morgan fingerprint density at radius 1 is 1.38 bits per heavy atom. The second kappa shape index (κ2) is 8.10. The maximum absolute atomic E-state index is 13.3. The number of carbonyl (C=O) groups is 2. The summed E-state index contributed by atoms with van der Waals surface area (Å²) in [6.07, 6.45) is 1.50. The number of nitrogens with one attached hydrogen (secondary N) is 1. The van der Waals surface area contributed by atoms with E-state index in [-0.39, 0.29) is 11.4 Å². The van der Waals surface area contributed by atoms with Gasteiger partial charge in [0.15, 0.2) is 5.76 Å². The molecule has 0 aliphatic carbocycles. The third-order valence-electron chi connectivity index (χ3n) is 5.38. The van der Waals surface area contributed by atoms with Gasteiger partial charge in [0.1, 0.15) is 24.9 Å². The van der Waals surface area contributed by atoms with Gasteiger partial charge in [-0.25, -0.2) is 4.98 Å². The lowest BCUT2D eigenvalue weighted by Gasteiger charge is -2.28. The van der Waals surface area contributed by atoms with Crippen LogP contribution in [0.25, 0.3) is 0 Å². The van der Waals surface area contributed by atoms with Crippen LogP contribution >= 0.6 is 11.3 Å². The molecule has 2 aliphatic rings. The number of thiazole rings is 1. The van der Waals surface area contributed by atoms with E-state index in [4.69, 9.17) is 9.15 Å². The Kier molecular flexibility index (Phi) is 5.53. The molecule has 0 bridgehead atoms. The average molecular weight is 418 g/mol. The molecule has 4 heterocycles. The molecule has 0 spiro atoms. The van der Waals surface area contributed by atoms with Crippen LogP contribution in [0.5, 0.6) is 0 Å². The number of carbonyl (C=O) groups excluding carboxylic acids is 2. The van der Waals surface area contributed by atoms with E-state index in [2.05, 4.69) is 4.98 Å². The SMILES string of the molecule is Cc1nc(C)c(C(=O)C2=C(O)C(=O)N(CC[NH+]3CCOCC3)[C@H]2c2ccco2)s1. The Morgan fingerprint density at radius 3 is 2.76 bits per heavy atom. The lowest BCUT2D eigenvalue weighted by molar-refractivity contribution is -0.907. The molecule has 29 heavy (non-hydrogen) atoms. The number of morpholine rings is 1. The first-order chi connectivity index (χ1) is 14.0. The number of nitrogens with zero attached hydrogens (tertiary/aromatic N) is 2. The molecule has 4 rings (SSSR count). The van der Waals surface area contributed by atoms with E-state index in [9.17, 15) is 14.7 Å². The van der Waals surface area contributed by atoms with E-state index in [1.807, 2.05) is 6.92 Å². The highest BCUT2D eigenvalue weighted by atomic mass is 32.1. The number of aryl methyl sites for hydroxylation is 2. The smallest absolute Gasteiger partial charge is 0.290 e. The van der Waals surface area contributed by atoms with Gasteiger partial charge in [-0.3, -0.25) is 9.59 Å². The largest absolute Gasteiger partial charge is 0.503 e. The Hall–Kier alpha value is -2.49. The molecule has 2 N–H and O–H groups in total. The second-order valence-electron chi connectivity index (χ2n) is 7.27. The van der Waals surface area contributed by atoms with Crippen molar-refractivity contribution < 1.29 is 28.7 Å². The van der Waals surface area contributed by atoms with E-state index >= 15 is 0 Å². The molecule has 0 saturated carbocycles. The normalized spacial score (nSPS) is 20.7. The monoisotopic (exact) mass is 418 g/mol. The molecule has 2 aliphatic heterocycles. The summed E-state index contributed by atoms with van der Waals surface area (Å²) in [6.45, 7) is 7.83. The van der Waals surface area contributed by atoms with Crippen LogP contribution in [-0.4, -0.2) is 66.1 Å². The number of ketones is 1. The minimum Gasteiger partial charge on any atom is -0.503 e. The summed E-state index contributed by atoms with van der Waals surface area (Å²) in [6, 6.07) is 2.70. The highest BCUT2D eigenvalue weighted by molar-refractivity contribution is 7.14. The fourth-order valence-corrected chi connectivity index (χ4v) is 4.79. The summed E-state index contributed by atoms with van der Waals surface area (Å²) in [5, 5.41) is 11.4.